The SMILES string of the molecule is C=C(C)CC1=C(c2ccccc2C(=O)OCC)CC1. The van der Waals surface area contributed by atoms with Gasteiger partial charge < -0.3 is 4.74 Å². The minimum absolute atomic E-state index is 0.229. The highest BCUT2D eigenvalue weighted by Gasteiger charge is 2.23. The quantitative estimate of drug-likeness (QED) is 0.577. The Morgan fingerprint density at radius 3 is 2.63 bits per heavy atom. The fraction of sp³-hybridized carbons (Fsp3) is 0.353. The molecule has 0 atom stereocenters. The Labute approximate surface area is 114 Å². The molecule has 0 aliphatic heterocycles. The monoisotopic (exact) mass is 256 g/mol. The van der Waals surface area contributed by atoms with Gasteiger partial charge in [0, 0.05) is 0 Å². The van der Waals surface area contributed by atoms with Crippen LogP contribution in [0.25, 0.3) is 5.57 Å². The molecule has 0 N–H and O–H groups in total. The maximum atomic E-state index is 12.0. The molecule has 0 unspecified atom stereocenters. The van der Waals surface area contributed by atoms with E-state index in [0.29, 0.717) is 12.2 Å². The second-order valence-electron chi connectivity index (χ2n) is 4.98. The van der Waals surface area contributed by atoms with Crippen molar-refractivity contribution in [1.29, 1.82) is 0 Å². The van der Waals surface area contributed by atoms with Crippen molar-refractivity contribution in [1.82, 2.24) is 0 Å². The van der Waals surface area contributed by atoms with Crippen LogP contribution in [0.1, 0.15) is 49.0 Å². The van der Waals surface area contributed by atoms with Gasteiger partial charge in [-0.2, -0.15) is 0 Å². The molecule has 1 aromatic carbocycles. The van der Waals surface area contributed by atoms with E-state index in [-0.39, 0.29) is 5.97 Å². The Morgan fingerprint density at radius 1 is 1.32 bits per heavy atom. The Bertz CT molecular complexity index is 538. The molecule has 0 aromatic heterocycles. The van der Waals surface area contributed by atoms with Crippen LogP contribution in [0.2, 0.25) is 0 Å². The highest BCUT2D eigenvalue weighted by Crippen LogP contribution is 2.40. The summed E-state index contributed by atoms with van der Waals surface area (Å²) in [6, 6.07) is 7.71. The summed E-state index contributed by atoms with van der Waals surface area (Å²) in [5.74, 6) is -0.229. The smallest absolute Gasteiger partial charge is 0.338 e. The third-order valence-electron chi connectivity index (χ3n) is 3.37. The normalized spacial score (nSPS) is 14.0. The van der Waals surface area contributed by atoms with Crippen LogP contribution in [-0.2, 0) is 4.74 Å². The molecule has 0 amide bonds. The summed E-state index contributed by atoms with van der Waals surface area (Å²) in [5.41, 5.74) is 5.58. The van der Waals surface area contributed by atoms with Crippen molar-refractivity contribution >= 4 is 11.5 Å². The molecule has 0 radical (unpaired) electrons. The van der Waals surface area contributed by atoms with E-state index in [1.165, 1.54) is 16.7 Å². The number of esters is 1. The number of rotatable bonds is 5. The lowest BCUT2D eigenvalue weighted by Crippen LogP contribution is -2.11. The van der Waals surface area contributed by atoms with E-state index in [2.05, 4.69) is 6.58 Å². The van der Waals surface area contributed by atoms with E-state index < -0.39 is 0 Å². The molecule has 19 heavy (non-hydrogen) atoms. The maximum Gasteiger partial charge on any atom is 0.338 e. The van der Waals surface area contributed by atoms with Crippen LogP contribution in [0.5, 0.6) is 0 Å². The molecule has 0 saturated heterocycles. The van der Waals surface area contributed by atoms with Gasteiger partial charge in [0.2, 0.25) is 0 Å². The molecule has 1 aliphatic rings. The molecule has 1 aliphatic carbocycles. The zero-order valence-electron chi connectivity index (χ0n) is 11.7. The number of carbonyl (C=O) groups is 1. The van der Waals surface area contributed by atoms with Crippen molar-refractivity contribution in [2.75, 3.05) is 6.61 Å². The summed E-state index contributed by atoms with van der Waals surface area (Å²) in [5, 5.41) is 0. The fourth-order valence-electron chi connectivity index (χ4n) is 2.44. The molecular formula is C17H20O2. The zero-order valence-corrected chi connectivity index (χ0v) is 11.7. The molecule has 0 saturated carbocycles. The zero-order chi connectivity index (χ0) is 13.8. The van der Waals surface area contributed by atoms with Gasteiger partial charge in [-0.1, -0.05) is 35.9 Å². The van der Waals surface area contributed by atoms with Crippen LogP contribution < -0.4 is 0 Å². The predicted octanol–water partition coefficient (Wildman–Crippen LogP) is 4.38. The van der Waals surface area contributed by atoms with Crippen LogP contribution >= 0.6 is 0 Å². The molecule has 2 nitrogen and oxygen atoms in total. The predicted molar refractivity (Wildman–Crippen MR) is 78.0 cm³/mol. The molecule has 0 heterocycles. The molecule has 0 spiro atoms. The second kappa shape index (κ2) is 5.87. The largest absolute Gasteiger partial charge is 0.462 e. The van der Waals surface area contributed by atoms with Crippen molar-refractivity contribution in [3.8, 4) is 0 Å². The number of carbonyl (C=O) groups excluding carboxylic acids is 1. The topological polar surface area (TPSA) is 26.3 Å². The fourth-order valence-corrected chi connectivity index (χ4v) is 2.44. The van der Waals surface area contributed by atoms with Crippen molar-refractivity contribution in [3.63, 3.8) is 0 Å². The average Bonchev–Trinajstić information content (AvgIpc) is 2.35. The molecule has 2 heteroatoms. The first-order valence-corrected chi connectivity index (χ1v) is 6.75. The first-order chi connectivity index (χ1) is 9.13. The van der Waals surface area contributed by atoms with E-state index in [1.807, 2.05) is 38.1 Å². The highest BCUT2D eigenvalue weighted by atomic mass is 16.5. The molecule has 100 valence electrons. The first-order valence-electron chi connectivity index (χ1n) is 6.75. The van der Waals surface area contributed by atoms with Crippen molar-refractivity contribution in [2.24, 2.45) is 0 Å². The van der Waals surface area contributed by atoms with Gasteiger partial charge in [-0.25, -0.2) is 4.79 Å². The number of allylic oxidation sites excluding steroid dienone is 3. The highest BCUT2D eigenvalue weighted by molar-refractivity contribution is 5.96. The Balaban J connectivity index is 2.35. The van der Waals surface area contributed by atoms with Crippen LogP contribution in [-0.4, -0.2) is 12.6 Å². The molecular weight excluding hydrogens is 236 g/mol. The lowest BCUT2D eigenvalue weighted by atomic mass is 9.79. The van der Waals surface area contributed by atoms with E-state index in [1.54, 1.807) is 0 Å². The Hall–Kier alpha value is -1.83. The molecule has 2 rings (SSSR count). The minimum Gasteiger partial charge on any atom is -0.462 e. The van der Waals surface area contributed by atoms with Crippen LogP contribution in [0.3, 0.4) is 0 Å². The third kappa shape index (κ3) is 2.95. The summed E-state index contributed by atoms with van der Waals surface area (Å²) in [6.07, 6.45) is 3.09. The van der Waals surface area contributed by atoms with Gasteiger partial charge in [0.05, 0.1) is 12.2 Å². The first kappa shape index (κ1) is 13.6. The van der Waals surface area contributed by atoms with Crippen molar-refractivity contribution in [2.45, 2.75) is 33.1 Å². The van der Waals surface area contributed by atoms with Gasteiger partial charge in [-0.3, -0.25) is 0 Å². The Kier molecular flexibility index (Phi) is 4.20. The standard InChI is InChI=1S/C17H20O2/c1-4-19-17(18)16-8-6-5-7-15(16)14-10-9-13(14)11-12(2)3/h5-8H,2,4,9-11H2,1,3H3. The van der Waals surface area contributed by atoms with Crippen LogP contribution in [0.15, 0.2) is 42.0 Å². The Morgan fingerprint density at radius 2 is 2.05 bits per heavy atom. The molecule has 0 bridgehead atoms. The van der Waals surface area contributed by atoms with E-state index in [9.17, 15) is 4.79 Å². The van der Waals surface area contributed by atoms with Gasteiger partial charge in [0.1, 0.15) is 0 Å². The average molecular weight is 256 g/mol. The van der Waals surface area contributed by atoms with Crippen molar-refractivity contribution in [3.05, 3.63) is 53.1 Å². The maximum absolute atomic E-state index is 12.0. The number of hydrogen-bond donors (Lipinski definition) is 0. The summed E-state index contributed by atoms with van der Waals surface area (Å²) in [7, 11) is 0. The van der Waals surface area contributed by atoms with E-state index >= 15 is 0 Å². The van der Waals surface area contributed by atoms with Gasteiger partial charge in [-0.05, 0) is 50.3 Å². The summed E-state index contributed by atoms with van der Waals surface area (Å²) >= 11 is 0. The van der Waals surface area contributed by atoms with Gasteiger partial charge >= 0.3 is 5.97 Å². The number of ether oxygens (including phenoxy) is 1. The van der Waals surface area contributed by atoms with Crippen molar-refractivity contribution < 1.29 is 9.53 Å². The lowest BCUT2D eigenvalue weighted by molar-refractivity contribution is 0.0526. The summed E-state index contributed by atoms with van der Waals surface area (Å²) in [6.45, 7) is 8.24. The van der Waals surface area contributed by atoms with Gasteiger partial charge in [-0.15, -0.1) is 0 Å². The van der Waals surface area contributed by atoms with Gasteiger partial charge in [0.15, 0.2) is 0 Å². The second-order valence-corrected chi connectivity index (χ2v) is 4.98. The lowest BCUT2D eigenvalue weighted by Gasteiger charge is -2.26. The minimum atomic E-state index is -0.229. The van der Waals surface area contributed by atoms with E-state index in [0.717, 1.165) is 24.8 Å². The van der Waals surface area contributed by atoms with E-state index in [4.69, 9.17) is 4.74 Å². The molecule has 0 fully saturated rings. The summed E-state index contributed by atoms with van der Waals surface area (Å²) < 4.78 is 5.12. The molecule has 1 aromatic rings. The van der Waals surface area contributed by atoms with Crippen LogP contribution in [0.4, 0.5) is 0 Å². The number of benzene rings is 1. The third-order valence-corrected chi connectivity index (χ3v) is 3.37. The summed E-state index contributed by atoms with van der Waals surface area (Å²) in [4.78, 5) is 12.0. The van der Waals surface area contributed by atoms with Crippen LogP contribution in [0, 0.1) is 0 Å². The number of hydrogen-bond acceptors (Lipinski definition) is 2. The van der Waals surface area contributed by atoms with Gasteiger partial charge in [0.25, 0.3) is 0 Å².